The Morgan fingerprint density at radius 2 is 1.87 bits per heavy atom. The molecule has 88 valence electrons. The average molecular weight is 217 g/mol. The van der Waals surface area contributed by atoms with E-state index in [4.69, 9.17) is 0 Å². The molecule has 0 saturated carbocycles. The maximum absolute atomic E-state index is 11.5. The minimum Gasteiger partial charge on any atom is -0.459 e. The van der Waals surface area contributed by atoms with Gasteiger partial charge in [0, 0.05) is 13.1 Å². The molecule has 0 aromatic heterocycles. The fourth-order valence-corrected chi connectivity index (χ4v) is 1.12. The molecular formula is C10H19NO4. The van der Waals surface area contributed by atoms with Crippen LogP contribution in [0, 0.1) is 0 Å². The second-order valence-corrected chi connectivity index (χ2v) is 3.85. The van der Waals surface area contributed by atoms with Crippen LogP contribution in [0.25, 0.3) is 0 Å². The number of likely N-dealkylation sites (N-methyl/N-ethyl adjacent to an activating group) is 1. The van der Waals surface area contributed by atoms with Crippen LogP contribution in [0.1, 0.15) is 27.7 Å². The Kier molecular flexibility index (Phi) is 5.28. The number of nitrogens with zero attached hydrogens (tertiary/aromatic N) is 1. The zero-order valence-electron chi connectivity index (χ0n) is 9.74. The molecule has 0 aliphatic rings. The van der Waals surface area contributed by atoms with Gasteiger partial charge in [0.05, 0.1) is 12.2 Å². The van der Waals surface area contributed by atoms with Crippen LogP contribution in [0.3, 0.4) is 0 Å². The molecule has 1 N–H and O–H groups in total. The van der Waals surface area contributed by atoms with Crippen molar-refractivity contribution in [3.8, 4) is 0 Å². The third kappa shape index (κ3) is 5.37. The Morgan fingerprint density at radius 3 is 2.20 bits per heavy atom. The van der Waals surface area contributed by atoms with Gasteiger partial charge in [-0.15, -0.1) is 0 Å². The number of carbonyl (C=O) groups excluding carboxylic acids is 2. The maximum atomic E-state index is 11.5. The normalized spacial score (nSPS) is 11.0. The summed E-state index contributed by atoms with van der Waals surface area (Å²) >= 11 is 0. The van der Waals surface area contributed by atoms with Crippen molar-refractivity contribution >= 4 is 11.9 Å². The van der Waals surface area contributed by atoms with Gasteiger partial charge in [-0.3, -0.25) is 4.79 Å². The second kappa shape index (κ2) is 5.70. The molecule has 0 atom stereocenters. The van der Waals surface area contributed by atoms with Crippen LogP contribution >= 0.6 is 0 Å². The molecular weight excluding hydrogens is 198 g/mol. The van der Waals surface area contributed by atoms with Crippen LogP contribution < -0.4 is 0 Å². The fourth-order valence-electron chi connectivity index (χ4n) is 1.12. The monoisotopic (exact) mass is 217 g/mol. The Labute approximate surface area is 90.0 Å². The van der Waals surface area contributed by atoms with E-state index in [1.807, 2.05) is 0 Å². The molecule has 15 heavy (non-hydrogen) atoms. The zero-order chi connectivity index (χ0) is 12.1. The maximum Gasteiger partial charge on any atom is 0.397 e. The Bertz CT molecular complexity index is 232. The van der Waals surface area contributed by atoms with Gasteiger partial charge in [0.15, 0.2) is 0 Å². The zero-order valence-corrected chi connectivity index (χ0v) is 9.74. The first-order chi connectivity index (χ1) is 6.81. The predicted molar refractivity (Wildman–Crippen MR) is 55.2 cm³/mol. The van der Waals surface area contributed by atoms with Crippen molar-refractivity contribution in [2.24, 2.45) is 0 Å². The van der Waals surface area contributed by atoms with Crippen molar-refractivity contribution in [3.05, 3.63) is 0 Å². The van der Waals surface area contributed by atoms with Crippen LogP contribution in [-0.4, -0.2) is 47.2 Å². The molecule has 0 radical (unpaired) electrons. The summed E-state index contributed by atoms with van der Waals surface area (Å²) in [6, 6.07) is 0. The number of carbonyl (C=O) groups is 2. The minimum atomic E-state index is -1.02. The van der Waals surface area contributed by atoms with Crippen molar-refractivity contribution in [1.82, 2.24) is 4.90 Å². The highest BCUT2D eigenvalue weighted by Crippen LogP contribution is 2.05. The van der Waals surface area contributed by atoms with Gasteiger partial charge < -0.3 is 14.7 Å². The molecule has 0 aromatic rings. The largest absolute Gasteiger partial charge is 0.459 e. The molecule has 0 rings (SSSR count). The van der Waals surface area contributed by atoms with Crippen LogP contribution in [0.15, 0.2) is 0 Å². The summed E-state index contributed by atoms with van der Waals surface area (Å²) < 4.78 is 4.59. The van der Waals surface area contributed by atoms with Gasteiger partial charge >= 0.3 is 11.9 Å². The lowest BCUT2D eigenvalue weighted by Gasteiger charge is -2.27. The fraction of sp³-hybridized carbons (Fsp3) is 0.800. The van der Waals surface area contributed by atoms with Crippen LogP contribution in [-0.2, 0) is 14.3 Å². The third-order valence-electron chi connectivity index (χ3n) is 1.70. The first kappa shape index (κ1) is 13.9. The highest BCUT2D eigenvalue weighted by molar-refractivity contribution is 6.32. The number of esters is 1. The summed E-state index contributed by atoms with van der Waals surface area (Å²) in [7, 11) is 0. The summed E-state index contributed by atoms with van der Waals surface area (Å²) in [6.45, 7) is 7.18. The molecule has 0 spiro atoms. The molecule has 5 heteroatoms. The van der Waals surface area contributed by atoms with Crippen molar-refractivity contribution in [2.75, 3.05) is 19.7 Å². The molecule has 0 aliphatic heterocycles. The number of hydrogen-bond donors (Lipinski definition) is 1. The summed E-state index contributed by atoms with van der Waals surface area (Å²) in [6.07, 6.45) is 0. The van der Waals surface area contributed by atoms with Crippen molar-refractivity contribution in [2.45, 2.75) is 33.3 Å². The molecule has 0 unspecified atom stereocenters. The van der Waals surface area contributed by atoms with Crippen LogP contribution in [0.5, 0.6) is 0 Å². The highest BCUT2D eigenvalue weighted by Gasteiger charge is 2.26. The van der Waals surface area contributed by atoms with E-state index < -0.39 is 17.5 Å². The van der Waals surface area contributed by atoms with E-state index in [2.05, 4.69) is 4.74 Å². The van der Waals surface area contributed by atoms with E-state index in [9.17, 15) is 14.7 Å². The smallest absolute Gasteiger partial charge is 0.397 e. The topological polar surface area (TPSA) is 66.8 Å². The number of hydrogen-bond acceptors (Lipinski definition) is 4. The molecule has 0 heterocycles. The standard InChI is InChI=1S/C10H19NO4/c1-5-11(7-10(3,4)14)8(12)9(13)15-6-2/h14H,5-7H2,1-4H3. The quantitative estimate of drug-likeness (QED) is 0.538. The SMILES string of the molecule is CCOC(=O)C(=O)N(CC)CC(C)(C)O. The lowest BCUT2D eigenvalue weighted by Crippen LogP contribution is -2.45. The summed E-state index contributed by atoms with van der Waals surface area (Å²) in [5.41, 5.74) is -1.02. The number of amides is 1. The van der Waals surface area contributed by atoms with Gasteiger partial charge in [-0.05, 0) is 27.7 Å². The second-order valence-electron chi connectivity index (χ2n) is 3.85. The minimum absolute atomic E-state index is 0.112. The van der Waals surface area contributed by atoms with E-state index in [0.29, 0.717) is 6.54 Å². The van der Waals surface area contributed by atoms with Crippen molar-refractivity contribution in [1.29, 1.82) is 0 Å². The average Bonchev–Trinajstić information content (AvgIpc) is 2.12. The lowest BCUT2D eigenvalue weighted by molar-refractivity contribution is -0.161. The van der Waals surface area contributed by atoms with Gasteiger partial charge in [0.2, 0.25) is 0 Å². The van der Waals surface area contributed by atoms with Gasteiger partial charge in [-0.2, -0.15) is 0 Å². The van der Waals surface area contributed by atoms with Crippen molar-refractivity contribution < 1.29 is 19.4 Å². The summed E-state index contributed by atoms with van der Waals surface area (Å²) in [5.74, 6) is -1.58. The Hall–Kier alpha value is -1.10. The van der Waals surface area contributed by atoms with Crippen molar-refractivity contribution in [3.63, 3.8) is 0 Å². The first-order valence-corrected chi connectivity index (χ1v) is 5.00. The van der Waals surface area contributed by atoms with Crippen LogP contribution in [0.4, 0.5) is 0 Å². The molecule has 0 bridgehead atoms. The van der Waals surface area contributed by atoms with E-state index in [0.717, 1.165) is 0 Å². The van der Waals surface area contributed by atoms with E-state index in [-0.39, 0.29) is 13.2 Å². The predicted octanol–water partition coefficient (Wildman–Crippen LogP) is 0.169. The lowest BCUT2D eigenvalue weighted by atomic mass is 10.1. The Balaban J connectivity index is 4.41. The van der Waals surface area contributed by atoms with E-state index >= 15 is 0 Å². The molecule has 0 fully saturated rings. The third-order valence-corrected chi connectivity index (χ3v) is 1.70. The number of ether oxygens (including phenoxy) is 1. The van der Waals surface area contributed by atoms with E-state index in [1.165, 1.54) is 4.90 Å². The molecule has 1 amide bonds. The van der Waals surface area contributed by atoms with Gasteiger partial charge in [0.25, 0.3) is 0 Å². The molecule has 0 saturated heterocycles. The van der Waals surface area contributed by atoms with Gasteiger partial charge in [-0.1, -0.05) is 0 Å². The Morgan fingerprint density at radius 1 is 1.33 bits per heavy atom. The summed E-state index contributed by atoms with van der Waals surface area (Å²) in [4.78, 5) is 23.9. The van der Waals surface area contributed by atoms with Crippen LogP contribution in [0.2, 0.25) is 0 Å². The highest BCUT2D eigenvalue weighted by atomic mass is 16.5. The molecule has 0 aliphatic carbocycles. The number of rotatable bonds is 4. The number of aliphatic hydroxyl groups is 1. The van der Waals surface area contributed by atoms with E-state index in [1.54, 1.807) is 27.7 Å². The molecule has 0 aromatic carbocycles. The van der Waals surface area contributed by atoms with Gasteiger partial charge in [0.1, 0.15) is 0 Å². The summed E-state index contributed by atoms with van der Waals surface area (Å²) in [5, 5.41) is 9.53. The van der Waals surface area contributed by atoms with Gasteiger partial charge in [-0.25, -0.2) is 4.79 Å². The molecule has 5 nitrogen and oxygen atoms in total. The first-order valence-electron chi connectivity index (χ1n) is 5.00.